The van der Waals surface area contributed by atoms with E-state index in [9.17, 15) is 4.79 Å². The third kappa shape index (κ3) is 3.20. The standard InChI is InChI=1S/C15H18N2OS/c1-4-10(2)12-7-5-6-8-13(12)16-15(18)14-9-11(3)19-17-14/h5-10H,4H2,1-3H3,(H,16,18). The molecule has 1 atom stereocenters. The van der Waals surface area contributed by atoms with Crippen LogP contribution in [0.3, 0.4) is 0 Å². The van der Waals surface area contributed by atoms with Crippen molar-refractivity contribution >= 4 is 23.1 Å². The van der Waals surface area contributed by atoms with Gasteiger partial charge in [-0.15, -0.1) is 0 Å². The minimum absolute atomic E-state index is 0.139. The van der Waals surface area contributed by atoms with Gasteiger partial charge in [0.2, 0.25) is 0 Å². The van der Waals surface area contributed by atoms with Gasteiger partial charge in [0, 0.05) is 10.6 Å². The Kier molecular flexibility index (Phi) is 4.32. The number of aromatic nitrogens is 1. The Hall–Kier alpha value is -1.68. The fourth-order valence-corrected chi connectivity index (χ4v) is 2.46. The normalized spacial score (nSPS) is 12.2. The second kappa shape index (κ2) is 5.97. The number of anilines is 1. The summed E-state index contributed by atoms with van der Waals surface area (Å²) >= 11 is 1.35. The van der Waals surface area contributed by atoms with Crippen molar-refractivity contribution in [3.8, 4) is 0 Å². The number of amides is 1. The monoisotopic (exact) mass is 274 g/mol. The molecule has 2 aromatic rings. The quantitative estimate of drug-likeness (QED) is 0.907. The van der Waals surface area contributed by atoms with E-state index in [0.717, 1.165) is 17.0 Å². The van der Waals surface area contributed by atoms with Gasteiger partial charge >= 0.3 is 0 Å². The molecule has 0 aliphatic carbocycles. The Balaban J connectivity index is 2.21. The van der Waals surface area contributed by atoms with Gasteiger partial charge < -0.3 is 5.32 Å². The predicted molar refractivity (Wildman–Crippen MR) is 80.0 cm³/mol. The van der Waals surface area contributed by atoms with E-state index >= 15 is 0 Å². The highest BCUT2D eigenvalue weighted by Gasteiger charge is 2.13. The number of nitrogens with one attached hydrogen (secondary N) is 1. The number of carbonyl (C=O) groups is 1. The number of hydrogen-bond donors (Lipinski definition) is 1. The molecule has 0 radical (unpaired) electrons. The molecule has 0 saturated heterocycles. The van der Waals surface area contributed by atoms with Crippen molar-refractivity contribution in [1.82, 2.24) is 4.37 Å². The fourth-order valence-electron chi connectivity index (χ4n) is 1.92. The first-order valence-electron chi connectivity index (χ1n) is 6.45. The minimum Gasteiger partial charge on any atom is -0.320 e. The largest absolute Gasteiger partial charge is 0.320 e. The summed E-state index contributed by atoms with van der Waals surface area (Å²) in [6, 6.07) is 9.76. The molecule has 0 spiro atoms. The Bertz CT molecular complexity index is 577. The van der Waals surface area contributed by atoms with Crippen molar-refractivity contribution in [2.75, 3.05) is 5.32 Å². The minimum atomic E-state index is -0.139. The molecule has 0 bridgehead atoms. The van der Waals surface area contributed by atoms with Gasteiger partial charge in [0.15, 0.2) is 0 Å². The van der Waals surface area contributed by atoms with Crippen LogP contribution < -0.4 is 5.32 Å². The van der Waals surface area contributed by atoms with Crippen LogP contribution in [0.4, 0.5) is 5.69 Å². The Morgan fingerprint density at radius 2 is 2.16 bits per heavy atom. The van der Waals surface area contributed by atoms with E-state index in [4.69, 9.17) is 0 Å². The average Bonchev–Trinajstić information content (AvgIpc) is 2.85. The van der Waals surface area contributed by atoms with Crippen molar-refractivity contribution in [1.29, 1.82) is 0 Å². The van der Waals surface area contributed by atoms with Crippen molar-refractivity contribution < 1.29 is 4.79 Å². The molecule has 3 nitrogen and oxygen atoms in total. The number of carbonyl (C=O) groups excluding carboxylic acids is 1. The summed E-state index contributed by atoms with van der Waals surface area (Å²) in [6.45, 7) is 6.26. The van der Waals surface area contributed by atoms with Crippen LogP contribution in [-0.4, -0.2) is 10.3 Å². The number of aryl methyl sites for hydroxylation is 1. The van der Waals surface area contributed by atoms with Crippen LogP contribution in [-0.2, 0) is 0 Å². The molecule has 1 aromatic carbocycles. The fraction of sp³-hybridized carbons (Fsp3) is 0.333. The number of hydrogen-bond acceptors (Lipinski definition) is 3. The number of rotatable bonds is 4. The first-order chi connectivity index (χ1) is 9.11. The summed E-state index contributed by atoms with van der Waals surface area (Å²) in [5.74, 6) is 0.286. The molecule has 0 saturated carbocycles. The van der Waals surface area contributed by atoms with Crippen molar-refractivity contribution in [2.24, 2.45) is 0 Å². The van der Waals surface area contributed by atoms with Gasteiger partial charge in [-0.25, -0.2) is 0 Å². The summed E-state index contributed by atoms with van der Waals surface area (Å²) in [6.07, 6.45) is 1.04. The molecule has 19 heavy (non-hydrogen) atoms. The zero-order valence-corrected chi connectivity index (χ0v) is 12.3. The lowest BCUT2D eigenvalue weighted by molar-refractivity contribution is 0.102. The molecule has 1 aromatic heterocycles. The van der Waals surface area contributed by atoms with E-state index in [1.54, 1.807) is 0 Å². The van der Waals surface area contributed by atoms with Gasteiger partial charge in [0.25, 0.3) is 5.91 Å². The molecule has 1 amide bonds. The second-order valence-corrected chi connectivity index (χ2v) is 5.68. The Labute approximate surface area is 117 Å². The zero-order chi connectivity index (χ0) is 13.8. The number of para-hydroxylation sites is 1. The highest BCUT2D eigenvalue weighted by Crippen LogP contribution is 2.26. The van der Waals surface area contributed by atoms with Gasteiger partial charge in [-0.2, -0.15) is 4.37 Å². The van der Waals surface area contributed by atoms with Crippen molar-refractivity contribution in [3.63, 3.8) is 0 Å². The second-order valence-electron chi connectivity index (χ2n) is 4.67. The van der Waals surface area contributed by atoms with E-state index in [1.165, 1.54) is 17.1 Å². The maximum absolute atomic E-state index is 12.1. The third-order valence-electron chi connectivity index (χ3n) is 3.21. The Morgan fingerprint density at radius 1 is 1.42 bits per heavy atom. The van der Waals surface area contributed by atoms with Crippen molar-refractivity contribution in [2.45, 2.75) is 33.1 Å². The molecule has 2 rings (SSSR count). The van der Waals surface area contributed by atoms with Crippen LogP contribution in [0.2, 0.25) is 0 Å². The lowest BCUT2D eigenvalue weighted by atomic mass is 9.97. The Morgan fingerprint density at radius 3 is 2.79 bits per heavy atom. The highest BCUT2D eigenvalue weighted by molar-refractivity contribution is 7.05. The maximum Gasteiger partial charge on any atom is 0.275 e. The van der Waals surface area contributed by atoms with Crippen LogP contribution in [0, 0.1) is 6.92 Å². The van der Waals surface area contributed by atoms with Crippen LogP contribution >= 0.6 is 11.5 Å². The summed E-state index contributed by atoms with van der Waals surface area (Å²) < 4.78 is 4.14. The van der Waals surface area contributed by atoms with E-state index in [0.29, 0.717) is 11.6 Å². The SMILES string of the molecule is CCC(C)c1ccccc1NC(=O)c1cc(C)sn1. The molecular formula is C15H18N2OS. The van der Waals surface area contributed by atoms with E-state index in [2.05, 4.69) is 29.6 Å². The van der Waals surface area contributed by atoms with E-state index in [1.807, 2.05) is 31.2 Å². The maximum atomic E-state index is 12.1. The van der Waals surface area contributed by atoms with E-state index < -0.39 is 0 Å². The van der Waals surface area contributed by atoms with Crippen LogP contribution in [0.15, 0.2) is 30.3 Å². The molecular weight excluding hydrogens is 256 g/mol. The van der Waals surface area contributed by atoms with Crippen LogP contribution in [0.1, 0.15) is 47.1 Å². The topological polar surface area (TPSA) is 42.0 Å². The first kappa shape index (κ1) is 13.7. The smallest absolute Gasteiger partial charge is 0.275 e. The molecule has 1 N–H and O–H groups in total. The van der Waals surface area contributed by atoms with E-state index in [-0.39, 0.29) is 5.91 Å². The third-order valence-corrected chi connectivity index (χ3v) is 3.91. The summed E-state index contributed by atoms with van der Waals surface area (Å²) in [5, 5.41) is 2.96. The molecule has 0 aliphatic rings. The molecule has 100 valence electrons. The molecule has 4 heteroatoms. The highest BCUT2D eigenvalue weighted by atomic mass is 32.1. The summed E-state index contributed by atoms with van der Waals surface area (Å²) in [4.78, 5) is 13.2. The number of nitrogens with zero attached hydrogens (tertiary/aromatic N) is 1. The van der Waals surface area contributed by atoms with Gasteiger partial charge in [0.05, 0.1) is 0 Å². The van der Waals surface area contributed by atoms with Gasteiger partial charge in [-0.3, -0.25) is 4.79 Å². The molecule has 1 unspecified atom stereocenters. The summed E-state index contributed by atoms with van der Waals surface area (Å²) in [7, 11) is 0. The zero-order valence-electron chi connectivity index (χ0n) is 11.4. The van der Waals surface area contributed by atoms with Gasteiger partial charge in [-0.05, 0) is 48.5 Å². The molecule has 1 heterocycles. The van der Waals surface area contributed by atoms with Gasteiger partial charge in [-0.1, -0.05) is 32.0 Å². The molecule has 0 fully saturated rings. The first-order valence-corrected chi connectivity index (χ1v) is 7.22. The van der Waals surface area contributed by atoms with Crippen LogP contribution in [0.25, 0.3) is 0 Å². The van der Waals surface area contributed by atoms with Gasteiger partial charge in [0.1, 0.15) is 5.69 Å². The van der Waals surface area contributed by atoms with Crippen LogP contribution in [0.5, 0.6) is 0 Å². The van der Waals surface area contributed by atoms with Crippen molar-refractivity contribution in [3.05, 3.63) is 46.5 Å². The predicted octanol–water partition coefficient (Wildman–Crippen LogP) is 4.22. The lowest BCUT2D eigenvalue weighted by Crippen LogP contribution is -2.14. The lowest BCUT2D eigenvalue weighted by Gasteiger charge is -2.15. The average molecular weight is 274 g/mol. The molecule has 0 aliphatic heterocycles. The number of benzene rings is 1. The summed E-state index contributed by atoms with van der Waals surface area (Å²) in [5.41, 5.74) is 2.54.